The van der Waals surface area contributed by atoms with Crippen LogP contribution in [0.2, 0.25) is 0 Å². The monoisotopic (exact) mass is 299 g/mol. The Hall–Kier alpha value is -2.14. The smallest absolute Gasteiger partial charge is 0.310 e. The number of carbonyl (C=O) groups excluding carboxylic acids is 1. The molecule has 4 rings (SSSR count). The van der Waals surface area contributed by atoms with Crippen LogP contribution in [0.1, 0.15) is 17.5 Å². The number of carbonyl (C=O) groups is 2. The molecule has 3 aliphatic rings. The van der Waals surface area contributed by atoms with Crippen LogP contribution in [0.5, 0.6) is 0 Å². The second kappa shape index (κ2) is 4.95. The van der Waals surface area contributed by atoms with Crippen molar-refractivity contribution in [1.29, 1.82) is 0 Å². The molecule has 2 aliphatic heterocycles. The summed E-state index contributed by atoms with van der Waals surface area (Å²) in [7, 11) is 0. The zero-order valence-electron chi connectivity index (χ0n) is 12.0. The van der Waals surface area contributed by atoms with Crippen LogP contribution in [0.4, 0.5) is 5.69 Å². The summed E-state index contributed by atoms with van der Waals surface area (Å²) in [5, 5.41) is 12.2. The lowest BCUT2D eigenvalue weighted by Crippen LogP contribution is -2.39. The molecular weight excluding hydrogens is 282 g/mol. The summed E-state index contributed by atoms with van der Waals surface area (Å²) >= 11 is 0. The molecule has 1 fully saturated rings. The summed E-state index contributed by atoms with van der Waals surface area (Å²) in [6.07, 6.45) is 5.89. The summed E-state index contributed by atoms with van der Waals surface area (Å²) < 4.78 is 5.54. The predicted octanol–water partition coefficient (Wildman–Crippen LogP) is 1.77. The predicted molar refractivity (Wildman–Crippen MR) is 79.5 cm³/mol. The Kier molecular flexibility index (Phi) is 3.04. The Morgan fingerprint density at radius 1 is 1.09 bits per heavy atom. The van der Waals surface area contributed by atoms with Gasteiger partial charge in [0.05, 0.1) is 18.1 Å². The number of hydrogen-bond donors (Lipinski definition) is 2. The fourth-order valence-electron chi connectivity index (χ4n) is 3.79. The van der Waals surface area contributed by atoms with Crippen LogP contribution < -0.4 is 5.32 Å². The molecule has 0 saturated carbocycles. The fourth-order valence-corrected chi connectivity index (χ4v) is 3.79. The zero-order chi connectivity index (χ0) is 15.3. The van der Waals surface area contributed by atoms with Crippen molar-refractivity contribution in [3.63, 3.8) is 0 Å². The second-order valence-corrected chi connectivity index (χ2v) is 6.17. The van der Waals surface area contributed by atoms with Crippen LogP contribution in [-0.4, -0.2) is 29.2 Å². The van der Waals surface area contributed by atoms with Gasteiger partial charge in [-0.25, -0.2) is 0 Å². The van der Waals surface area contributed by atoms with E-state index in [4.69, 9.17) is 4.74 Å². The van der Waals surface area contributed by atoms with E-state index in [1.807, 2.05) is 18.2 Å². The van der Waals surface area contributed by atoms with Crippen LogP contribution in [0.3, 0.4) is 0 Å². The molecule has 1 aromatic carbocycles. The largest absolute Gasteiger partial charge is 0.481 e. The molecule has 1 aromatic rings. The lowest BCUT2D eigenvalue weighted by atomic mass is 9.82. The minimum atomic E-state index is -0.981. The van der Waals surface area contributed by atoms with Crippen molar-refractivity contribution < 1.29 is 19.4 Å². The first kappa shape index (κ1) is 13.5. The lowest BCUT2D eigenvalue weighted by Gasteiger charge is -2.21. The number of nitrogens with one attached hydrogen (secondary N) is 1. The number of aryl methyl sites for hydroxylation is 2. The van der Waals surface area contributed by atoms with Crippen molar-refractivity contribution in [2.45, 2.75) is 31.5 Å². The number of carboxylic acid groups (broad SMARTS) is 1. The molecule has 2 bridgehead atoms. The van der Waals surface area contributed by atoms with E-state index >= 15 is 0 Å². The third kappa shape index (κ3) is 2.04. The van der Waals surface area contributed by atoms with Crippen LogP contribution in [0.25, 0.3) is 0 Å². The minimum absolute atomic E-state index is 0.276. The summed E-state index contributed by atoms with van der Waals surface area (Å²) in [6, 6.07) is 5.94. The Morgan fingerprint density at radius 2 is 1.82 bits per heavy atom. The van der Waals surface area contributed by atoms with Gasteiger partial charge in [-0.3, -0.25) is 9.59 Å². The summed E-state index contributed by atoms with van der Waals surface area (Å²) in [6.45, 7) is 0. The van der Waals surface area contributed by atoms with E-state index in [9.17, 15) is 14.7 Å². The van der Waals surface area contributed by atoms with Crippen molar-refractivity contribution in [2.24, 2.45) is 11.8 Å². The third-order valence-electron chi connectivity index (χ3n) is 4.85. The highest BCUT2D eigenvalue weighted by atomic mass is 16.5. The quantitative estimate of drug-likeness (QED) is 0.834. The van der Waals surface area contributed by atoms with Gasteiger partial charge < -0.3 is 15.2 Å². The number of benzene rings is 1. The topological polar surface area (TPSA) is 75.6 Å². The van der Waals surface area contributed by atoms with Crippen molar-refractivity contribution in [1.82, 2.24) is 0 Å². The normalized spacial score (nSPS) is 31.3. The summed E-state index contributed by atoms with van der Waals surface area (Å²) in [5.74, 6) is -2.72. The van der Waals surface area contributed by atoms with Crippen LogP contribution in [0.15, 0.2) is 30.4 Å². The van der Waals surface area contributed by atoms with Gasteiger partial charge in [0.2, 0.25) is 5.91 Å². The maximum atomic E-state index is 12.5. The first-order chi connectivity index (χ1) is 10.6. The van der Waals surface area contributed by atoms with E-state index in [-0.39, 0.29) is 5.91 Å². The van der Waals surface area contributed by atoms with Gasteiger partial charge in [0.25, 0.3) is 0 Å². The molecule has 0 radical (unpaired) electrons. The second-order valence-electron chi connectivity index (χ2n) is 6.17. The molecule has 5 heteroatoms. The molecule has 114 valence electrons. The number of aliphatic carboxylic acids is 1. The fraction of sp³-hybridized carbons (Fsp3) is 0.412. The Labute approximate surface area is 128 Å². The number of rotatable bonds is 3. The molecule has 22 heavy (non-hydrogen) atoms. The molecule has 4 atom stereocenters. The van der Waals surface area contributed by atoms with E-state index in [1.54, 1.807) is 12.2 Å². The van der Waals surface area contributed by atoms with Gasteiger partial charge in [0.15, 0.2) is 0 Å². The van der Waals surface area contributed by atoms with Gasteiger partial charge in [-0.2, -0.15) is 0 Å². The molecule has 2 heterocycles. The van der Waals surface area contributed by atoms with E-state index in [1.165, 1.54) is 11.1 Å². The molecular formula is C17H17NO4. The lowest BCUT2D eigenvalue weighted by molar-refractivity contribution is -0.145. The Morgan fingerprint density at radius 3 is 2.59 bits per heavy atom. The van der Waals surface area contributed by atoms with Crippen molar-refractivity contribution >= 4 is 17.6 Å². The number of hydrogen-bond acceptors (Lipinski definition) is 3. The van der Waals surface area contributed by atoms with Gasteiger partial charge in [0.1, 0.15) is 5.92 Å². The maximum absolute atomic E-state index is 12.5. The average molecular weight is 299 g/mol. The highest BCUT2D eigenvalue weighted by Gasteiger charge is 2.53. The number of fused-ring (bicyclic) bond motifs is 3. The molecule has 2 N–H and O–H groups in total. The van der Waals surface area contributed by atoms with Crippen LogP contribution >= 0.6 is 0 Å². The SMILES string of the molecule is O=C(Nc1ccc2c(c1)CCC2)[C@@H]1[C@@H](C(=O)O)[C@H]2C=C[C@@H]1O2. The van der Waals surface area contributed by atoms with Crippen molar-refractivity contribution in [2.75, 3.05) is 5.32 Å². The first-order valence-electron chi connectivity index (χ1n) is 7.63. The molecule has 1 amide bonds. The standard InChI is InChI=1S/C17H17NO4/c19-16(14-12-6-7-13(22-12)15(14)17(20)21)18-11-5-4-9-2-1-3-10(9)8-11/h4-8,12-15H,1-3H2,(H,18,19)(H,20,21)/t12-,13+,14-,15-/m0/s1. The molecule has 1 aliphatic carbocycles. The van der Waals surface area contributed by atoms with Gasteiger partial charge >= 0.3 is 5.97 Å². The number of ether oxygens (including phenoxy) is 1. The van der Waals surface area contributed by atoms with Crippen molar-refractivity contribution in [3.05, 3.63) is 41.5 Å². The molecule has 0 spiro atoms. The highest BCUT2D eigenvalue weighted by molar-refractivity contribution is 5.96. The first-order valence-corrected chi connectivity index (χ1v) is 7.63. The zero-order valence-corrected chi connectivity index (χ0v) is 12.0. The average Bonchev–Trinajstić information content (AvgIpc) is 3.20. The molecule has 0 unspecified atom stereocenters. The van der Waals surface area contributed by atoms with Gasteiger partial charge in [-0.05, 0) is 42.5 Å². The van der Waals surface area contributed by atoms with Gasteiger partial charge in [0, 0.05) is 5.69 Å². The number of anilines is 1. The van der Waals surface area contributed by atoms with Crippen LogP contribution in [-0.2, 0) is 27.2 Å². The summed E-state index contributed by atoms with van der Waals surface area (Å²) in [5.41, 5.74) is 3.35. The van der Waals surface area contributed by atoms with E-state index in [2.05, 4.69) is 5.32 Å². The van der Waals surface area contributed by atoms with Gasteiger partial charge in [-0.15, -0.1) is 0 Å². The Balaban J connectivity index is 1.55. The highest BCUT2D eigenvalue weighted by Crippen LogP contribution is 2.40. The maximum Gasteiger partial charge on any atom is 0.310 e. The van der Waals surface area contributed by atoms with Crippen LogP contribution in [0, 0.1) is 11.8 Å². The number of carboxylic acids is 1. The minimum Gasteiger partial charge on any atom is -0.481 e. The third-order valence-corrected chi connectivity index (χ3v) is 4.85. The van der Waals surface area contributed by atoms with E-state index < -0.39 is 30.0 Å². The van der Waals surface area contributed by atoms with E-state index in [0.29, 0.717) is 0 Å². The van der Waals surface area contributed by atoms with E-state index in [0.717, 1.165) is 24.9 Å². The van der Waals surface area contributed by atoms with Crippen molar-refractivity contribution in [3.8, 4) is 0 Å². The molecule has 5 nitrogen and oxygen atoms in total. The summed E-state index contributed by atoms with van der Waals surface area (Å²) in [4.78, 5) is 23.9. The van der Waals surface area contributed by atoms with Gasteiger partial charge in [-0.1, -0.05) is 18.2 Å². The number of amides is 1. The molecule has 1 saturated heterocycles. The Bertz CT molecular complexity index is 681. The molecule has 0 aromatic heterocycles.